The second-order valence-corrected chi connectivity index (χ2v) is 10.7. The third-order valence-electron chi connectivity index (χ3n) is 5.78. The van der Waals surface area contributed by atoms with Crippen molar-refractivity contribution in [1.82, 2.24) is 24.5 Å². The van der Waals surface area contributed by atoms with Crippen molar-refractivity contribution in [1.29, 1.82) is 0 Å². The molecule has 1 fully saturated rings. The van der Waals surface area contributed by atoms with Crippen molar-refractivity contribution in [2.24, 2.45) is 0 Å². The molecule has 172 valence electrons. The van der Waals surface area contributed by atoms with Crippen LogP contribution in [-0.2, 0) is 6.54 Å². The van der Waals surface area contributed by atoms with Crippen molar-refractivity contribution in [2.75, 3.05) is 36.4 Å². The van der Waals surface area contributed by atoms with E-state index in [-0.39, 0.29) is 5.54 Å². The van der Waals surface area contributed by atoms with Gasteiger partial charge in [-0.2, -0.15) is 4.52 Å². The fraction of sp³-hybridized carbons (Fsp3) is 0.400. The van der Waals surface area contributed by atoms with E-state index in [0.29, 0.717) is 0 Å². The summed E-state index contributed by atoms with van der Waals surface area (Å²) < 4.78 is 1.99. The number of pyridine rings is 1. The Kier molecular flexibility index (Phi) is 5.80. The molecule has 0 radical (unpaired) electrons. The molecule has 1 aromatic carbocycles. The number of aromatic nitrogens is 4. The summed E-state index contributed by atoms with van der Waals surface area (Å²) in [7, 11) is 0. The quantitative estimate of drug-likeness (QED) is 0.465. The van der Waals surface area contributed by atoms with Gasteiger partial charge >= 0.3 is 0 Å². The summed E-state index contributed by atoms with van der Waals surface area (Å²) in [6, 6.07) is 12.7. The lowest BCUT2D eigenvalue weighted by atomic mass is 10.1. The minimum atomic E-state index is -0.100. The average molecular weight is 462 g/mol. The molecule has 0 unspecified atom stereocenters. The minimum absolute atomic E-state index is 0.100. The summed E-state index contributed by atoms with van der Waals surface area (Å²) in [5, 5.41) is 9.70. The van der Waals surface area contributed by atoms with Gasteiger partial charge in [0, 0.05) is 56.2 Å². The van der Waals surface area contributed by atoms with Crippen LogP contribution in [0.1, 0.15) is 31.9 Å². The van der Waals surface area contributed by atoms with Crippen LogP contribution in [0.4, 0.5) is 10.9 Å². The maximum atomic E-state index is 5.01. The number of anilines is 2. The Labute approximate surface area is 199 Å². The monoisotopic (exact) mass is 461 g/mol. The SMILES string of the molecule is Cc1cccc(-c2nc3sc(N4CCN(Cc5ccncc5)CC4)nn3c2NC(C)(C)C)c1. The normalized spacial score (nSPS) is 15.3. The zero-order valence-corrected chi connectivity index (χ0v) is 20.6. The van der Waals surface area contributed by atoms with Crippen LogP contribution < -0.4 is 10.2 Å². The molecule has 3 aromatic heterocycles. The Morgan fingerprint density at radius 3 is 2.48 bits per heavy atom. The first-order valence-electron chi connectivity index (χ1n) is 11.5. The molecule has 5 rings (SSSR count). The van der Waals surface area contributed by atoms with Gasteiger partial charge in [-0.25, -0.2) is 4.98 Å². The molecule has 1 aliphatic rings. The molecular weight excluding hydrogens is 430 g/mol. The molecule has 4 heterocycles. The van der Waals surface area contributed by atoms with Crippen LogP contribution in [0.3, 0.4) is 0 Å². The number of piperazine rings is 1. The van der Waals surface area contributed by atoms with Crippen molar-refractivity contribution in [2.45, 2.75) is 39.8 Å². The highest BCUT2D eigenvalue weighted by atomic mass is 32.1. The Hall–Kier alpha value is -2.97. The minimum Gasteiger partial charge on any atom is -0.364 e. The zero-order chi connectivity index (χ0) is 23.0. The van der Waals surface area contributed by atoms with Gasteiger partial charge in [-0.1, -0.05) is 35.1 Å². The predicted molar refractivity (Wildman–Crippen MR) is 136 cm³/mol. The number of fused-ring (bicyclic) bond motifs is 1. The second-order valence-electron chi connectivity index (χ2n) is 9.75. The molecular formula is C25H31N7S. The lowest BCUT2D eigenvalue weighted by Gasteiger charge is -2.34. The summed E-state index contributed by atoms with van der Waals surface area (Å²) in [6.45, 7) is 13.6. The summed E-state index contributed by atoms with van der Waals surface area (Å²) in [4.78, 5) is 14.9. The number of imidazole rings is 1. The van der Waals surface area contributed by atoms with Gasteiger partial charge in [0.05, 0.1) is 0 Å². The number of nitrogens with one attached hydrogen (secondary N) is 1. The molecule has 0 aliphatic carbocycles. The largest absolute Gasteiger partial charge is 0.364 e. The molecule has 1 aliphatic heterocycles. The maximum Gasteiger partial charge on any atom is 0.216 e. The maximum absolute atomic E-state index is 5.01. The van der Waals surface area contributed by atoms with Gasteiger partial charge in [-0.05, 0) is 51.5 Å². The number of hydrogen-bond acceptors (Lipinski definition) is 7. The average Bonchev–Trinajstić information content (AvgIpc) is 3.33. The van der Waals surface area contributed by atoms with Crippen molar-refractivity contribution in [3.05, 3.63) is 59.9 Å². The Bertz CT molecular complexity index is 1230. The molecule has 0 spiro atoms. The van der Waals surface area contributed by atoms with Crippen LogP contribution in [0, 0.1) is 6.92 Å². The Morgan fingerprint density at radius 2 is 1.79 bits per heavy atom. The van der Waals surface area contributed by atoms with Gasteiger partial charge in [-0.15, -0.1) is 5.10 Å². The lowest BCUT2D eigenvalue weighted by molar-refractivity contribution is 0.249. The highest BCUT2D eigenvalue weighted by molar-refractivity contribution is 7.20. The number of aryl methyl sites for hydroxylation is 1. The smallest absolute Gasteiger partial charge is 0.216 e. The number of nitrogens with zero attached hydrogens (tertiary/aromatic N) is 6. The van der Waals surface area contributed by atoms with E-state index in [1.54, 1.807) is 11.3 Å². The zero-order valence-electron chi connectivity index (χ0n) is 19.7. The molecule has 8 heteroatoms. The van der Waals surface area contributed by atoms with Crippen LogP contribution in [0.5, 0.6) is 0 Å². The molecule has 0 bridgehead atoms. The number of rotatable bonds is 5. The number of hydrogen-bond donors (Lipinski definition) is 1. The number of benzene rings is 1. The Balaban J connectivity index is 1.38. The van der Waals surface area contributed by atoms with Crippen LogP contribution >= 0.6 is 11.3 Å². The van der Waals surface area contributed by atoms with Crippen molar-refractivity contribution in [3.8, 4) is 11.3 Å². The first-order valence-corrected chi connectivity index (χ1v) is 12.3. The molecule has 1 saturated heterocycles. The van der Waals surface area contributed by atoms with Crippen LogP contribution in [0.15, 0.2) is 48.8 Å². The molecule has 0 saturated carbocycles. The first-order chi connectivity index (χ1) is 15.9. The molecule has 33 heavy (non-hydrogen) atoms. The third kappa shape index (κ3) is 4.86. The summed E-state index contributed by atoms with van der Waals surface area (Å²) in [5.41, 5.74) is 4.51. The van der Waals surface area contributed by atoms with E-state index in [1.807, 2.05) is 16.9 Å². The second kappa shape index (κ2) is 8.76. The standard InChI is InChI=1S/C25H31N7S/c1-18-6-5-7-20(16-18)21-22(28-25(2,3)4)32-23(27-21)33-24(29-32)31-14-12-30(13-15-31)17-19-8-10-26-11-9-19/h5-11,16,28H,12-15,17H2,1-4H3. The van der Waals surface area contributed by atoms with Gasteiger partial charge < -0.3 is 10.2 Å². The summed E-state index contributed by atoms with van der Waals surface area (Å²) >= 11 is 1.67. The molecule has 0 amide bonds. The first kappa shape index (κ1) is 21.9. The van der Waals surface area contributed by atoms with Gasteiger partial charge in [0.15, 0.2) is 5.82 Å². The van der Waals surface area contributed by atoms with Gasteiger partial charge in [0.25, 0.3) is 0 Å². The third-order valence-corrected chi connectivity index (χ3v) is 6.75. The van der Waals surface area contributed by atoms with Crippen LogP contribution in [0.2, 0.25) is 0 Å². The highest BCUT2D eigenvalue weighted by Crippen LogP contribution is 2.35. The van der Waals surface area contributed by atoms with E-state index >= 15 is 0 Å². The van der Waals surface area contributed by atoms with E-state index < -0.39 is 0 Å². The van der Waals surface area contributed by atoms with E-state index in [4.69, 9.17) is 10.1 Å². The van der Waals surface area contributed by atoms with Crippen LogP contribution in [-0.4, -0.2) is 56.2 Å². The van der Waals surface area contributed by atoms with Crippen molar-refractivity contribution in [3.63, 3.8) is 0 Å². The van der Waals surface area contributed by atoms with Gasteiger partial charge in [0.2, 0.25) is 10.1 Å². The van der Waals surface area contributed by atoms with Crippen molar-refractivity contribution < 1.29 is 0 Å². The van der Waals surface area contributed by atoms with Crippen molar-refractivity contribution >= 4 is 27.2 Å². The summed E-state index contributed by atoms with van der Waals surface area (Å²) in [6.07, 6.45) is 3.73. The van der Waals surface area contributed by atoms with Gasteiger partial charge in [0.1, 0.15) is 5.69 Å². The predicted octanol–water partition coefficient (Wildman–Crippen LogP) is 4.69. The van der Waals surface area contributed by atoms with E-state index in [9.17, 15) is 0 Å². The lowest BCUT2D eigenvalue weighted by Crippen LogP contribution is -2.46. The summed E-state index contributed by atoms with van der Waals surface area (Å²) in [5.74, 6) is 0.960. The van der Waals surface area contributed by atoms with E-state index in [2.05, 4.69) is 84.2 Å². The topological polar surface area (TPSA) is 61.6 Å². The van der Waals surface area contributed by atoms with Crippen LogP contribution in [0.25, 0.3) is 16.2 Å². The molecule has 4 aromatic rings. The highest BCUT2D eigenvalue weighted by Gasteiger charge is 2.25. The fourth-order valence-corrected chi connectivity index (χ4v) is 5.12. The molecule has 1 N–H and O–H groups in total. The fourth-order valence-electron chi connectivity index (χ4n) is 4.17. The molecule has 7 nitrogen and oxygen atoms in total. The molecule has 0 atom stereocenters. The van der Waals surface area contributed by atoms with E-state index in [1.165, 1.54) is 11.1 Å². The van der Waals surface area contributed by atoms with E-state index in [0.717, 1.165) is 59.9 Å². The Morgan fingerprint density at radius 1 is 1.03 bits per heavy atom. The van der Waals surface area contributed by atoms with Gasteiger partial charge in [-0.3, -0.25) is 9.88 Å².